The summed E-state index contributed by atoms with van der Waals surface area (Å²) in [7, 11) is 0. The maximum atomic E-state index is 6.07. The van der Waals surface area contributed by atoms with E-state index >= 15 is 0 Å². The van der Waals surface area contributed by atoms with Crippen LogP contribution in [0.2, 0.25) is 10.0 Å². The molecule has 1 aromatic heterocycles. The molecular formula is C15H17Cl2NO2. The molecule has 2 aromatic rings. The van der Waals surface area contributed by atoms with Crippen LogP contribution in [-0.2, 0) is 13.2 Å². The summed E-state index contributed by atoms with van der Waals surface area (Å²) >= 11 is 11.9. The van der Waals surface area contributed by atoms with Gasteiger partial charge in [0.05, 0.1) is 17.8 Å². The number of furan rings is 1. The largest absolute Gasteiger partial charge is 0.487 e. The smallest absolute Gasteiger partial charge is 0.138 e. The third kappa shape index (κ3) is 4.17. The Hall–Kier alpha value is -1.16. The highest BCUT2D eigenvalue weighted by molar-refractivity contribution is 6.35. The molecule has 1 aromatic carbocycles. The molecule has 0 radical (unpaired) electrons. The number of nitrogens with one attached hydrogen (secondary N) is 1. The second-order valence-corrected chi connectivity index (χ2v) is 5.61. The van der Waals surface area contributed by atoms with Gasteiger partial charge in [0.2, 0.25) is 0 Å². The van der Waals surface area contributed by atoms with Gasteiger partial charge in [-0.3, -0.25) is 0 Å². The highest BCUT2D eigenvalue weighted by Gasteiger charge is 2.09. The zero-order valence-corrected chi connectivity index (χ0v) is 13.0. The van der Waals surface area contributed by atoms with Crippen LogP contribution in [0.15, 0.2) is 34.9 Å². The van der Waals surface area contributed by atoms with E-state index in [2.05, 4.69) is 19.2 Å². The van der Waals surface area contributed by atoms with Crippen LogP contribution in [0.25, 0.3) is 0 Å². The van der Waals surface area contributed by atoms with E-state index in [-0.39, 0.29) is 0 Å². The summed E-state index contributed by atoms with van der Waals surface area (Å²) in [5.74, 6) is 1.49. The normalized spacial score (nSPS) is 11.1. The Kier molecular flexibility index (Phi) is 5.35. The molecule has 0 saturated heterocycles. The van der Waals surface area contributed by atoms with Gasteiger partial charge in [-0.25, -0.2) is 0 Å². The summed E-state index contributed by atoms with van der Waals surface area (Å²) in [5, 5.41) is 4.41. The molecule has 0 spiro atoms. The Morgan fingerprint density at radius 3 is 2.75 bits per heavy atom. The van der Waals surface area contributed by atoms with Gasteiger partial charge in [-0.05, 0) is 24.3 Å². The average Bonchev–Trinajstić information content (AvgIpc) is 2.83. The molecule has 0 saturated carbocycles. The Balaban J connectivity index is 1.98. The molecule has 0 unspecified atom stereocenters. The van der Waals surface area contributed by atoms with Crippen LogP contribution in [0.4, 0.5) is 0 Å². The van der Waals surface area contributed by atoms with Crippen molar-refractivity contribution in [3.63, 3.8) is 0 Å². The van der Waals surface area contributed by atoms with Crippen molar-refractivity contribution in [3.05, 3.63) is 51.9 Å². The van der Waals surface area contributed by atoms with E-state index in [4.69, 9.17) is 32.4 Å². The van der Waals surface area contributed by atoms with Crippen LogP contribution in [0, 0.1) is 0 Å². The molecule has 2 rings (SSSR count). The van der Waals surface area contributed by atoms with Crippen molar-refractivity contribution in [2.75, 3.05) is 0 Å². The van der Waals surface area contributed by atoms with Gasteiger partial charge < -0.3 is 14.5 Å². The van der Waals surface area contributed by atoms with E-state index in [1.54, 1.807) is 24.5 Å². The molecule has 0 bridgehead atoms. The zero-order chi connectivity index (χ0) is 14.5. The zero-order valence-electron chi connectivity index (χ0n) is 11.5. The van der Waals surface area contributed by atoms with Crippen LogP contribution in [-0.4, -0.2) is 6.04 Å². The van der Waals surface area contributed by atoms with E-state index in [1.807, 2.05) is 6.07 Å². The van der Waals surface area contributed by atoms with Gasteiger partial charge >= 0.3 is 0 Å². The first kappa shape index (κ1) is 15.2. The van der Waals surface area contributed by atoms with Gasteiger partial charge in [0.15, 0.2) is 0 Å². The third-order valence-corrected chi connectivity index (χ3v) is 3.32. The molecule has 20 heavy (non-hydrogen) atoms. The lowest BCUT2D eigenvalue weighted by Gasteiger charge is -2.10. The lowest BCUT2D eigenvalue weighted by Crippen LogP contribution is -2.22. The van der Waals surface area contributed by atoms with Gasteiger partial charge in [0, 0.05) is 16.6 Å². The predicted molar refractivity (Wildman–Crippen MR) is 81.5 cm³/mol. The van der Waals surface area contributed by atoms with E-state index in [0.29, 0.717) is 35.0 Å². The molecule has 0 aliphatic heterocycles. The Morgan fingerprint density at radius 1 is 1.25 bits per heavy atom. The standard InChI is InChI=1S/C15H17Cl2NO2/c1-10(2)18-8-15-11(5-6-19-15)9-20-14-4-3-12(16)7-13(14)17/h3-7,10,18H,8-9H2,1-2H3. The summed E-state index contributed by atoms with van der Waals surface area (Å²) in [4.78, 5) is 0. The minimum absolute atomic E-state index is 0.402. The highest BCUT2D eigenvalue weighted by atomic mass is 35.5. The number of halogens is 2. The first-order valence-electron chi connectivity index (χ1n) is 6.42. The van der Waals surface area contributed by atoms with Gasteiger partial charge in [-0.15, -0.1) is 0 Å². The van der Waals surface area contributed by atoms with Crippen LogP contribution >= 0.6 is 23.2 Å². The van der Waals surface area contributed by atoms with Gasteiger partial charge in [0.1, 0.15) is 18.1 Å². The van der Waals surface area contributed by atoms with Gasteiger partial charge in [-0.1, -0.05) is 37.0 Å². The Labute approximate surface area is 128 Å². The quantitative estimate of drug-likeness (QED) is 0.842. The van der Waals surface area contributed by atoms with Crippen molar-refractivity contribution in [1.29, 1.82) is 0 Å². The number of benzene rings is 1. The molecule has 0 aliphatic carbocycles. The number of hydrogen-bond donors (Lipinski definition) is 1. The van der Waals surface area contributed by atoms with E-state index in [0.717, 1.165) is 11.3 Å². The number of ether oxygens (including phenoxy) is 1. The summed E-state index contributed by atoms with van der Waals surface area (Å²) in [5.41, 5.74) is 1.00. The number of hydrogen-bond acceptors (Lipinski definition) is 3. The molecular weight excluding hydrogens is 297 g/mol. The summed E-state index contributed by atoms with van der Waals surface area (Å²) < 4.78 is 11.2. The summed E-state index contributed by atoms with van der Waals surface area (Å²) in [6, 6.07) is 7.48. The molecule has 0 fully saturated rings. The molecule has 108 valence electrons. The Bertz CT molecular complexity index is 567. The van der Waals surface area contributed by atoms with Crippen molar-refractivity contribution >= 4 is 23.2 Å². The molecule has 1 heterocycles. The fourth-order valence-electron chi connectivity index (χ4n) is 1.70. The average molecular weight is 314 g/mol. The SMILES string of the molecule is CC(C)NCc1occc1COc1ccc(Cl)cc1Cl. The van der Waals surface area contributed by atoms with E-state index in [1.165, 1.54) is 0 Å². The van der Waals surface area contributed by atoms with Crippen molar-refractivity contribution in [2.45, 2.75) is 33.0 Å². The lowest BCUT2D eigenvalue weighted by molar-refractivity contribution is 0.301. The first-order chi connectivity index (χ1) is 9.56. The molecule has 5 heteroatoms. The van der Waals surface area contributed by atoms with Crippen LogP contribution in [0.5, 0.6) is 5.75 Å². The van der Waals surface area contributed by atoms with Crippen molar-refractivity contribution < 1.29 is 9.15 Å². The maximum absolute atomic E-state index is 6.07. The molecule has 0 atom stereocenters. The highest BCUT2D eigenvalue weighted by Crippen LogP contribution is 2.28. The van der Waals surface area contributed by atoms with Crippen molar-refractivity contribution in [2.24, 2.45) is 0 Å². The molecule has 3 nitrogen and oxygen atoms in total. The van der Waals surface area contributed by atoms with Crippen LogP contribution in [0.1, 0.15) is 25.2 Å². The monoisotopic (exact) mass is 313 g/mol. The van der Waals surface area contributed by atoms with Crippen LogP contribution < -0.4 is 10.1 Å². The van der Waals surface area contributed by atoms with Gasteiger partial charge in [0.25, 0.3) is 0 Å². The lowest BCUT2D eigenvalue weighted by atomic mass is 10.2. The van der Waals surface area contributed by atoms with Crippen LogP contribution in [0.3, 0.4) is 0 Å². The topological polar surface area (TPSA) is 34.4 Å². The van der Waals surface area contributed by atoms with Crippen molar-refractivity contribution in [1.82, 2.24) is 5.32 Å². The van der Waals surface area contributed by atoms with Crippen molar-refractivity contribution in [3.8, 4) is 5.75 Å². The second kappa shape index (κ2) is 7.02. The second-order valence-electron chi connectivity index (χ2n) is 4.77. The minimum atomic E-state index is 0.402. The van der Waals surface area contributed by atoms with Gasteiger partial charge in [-0.2, -0.15) is 0 Å². The fourth-order valence-corrected chi connectivity index (χ4v) is 2.16. The maximum Gasteiger partial charge on any atom is 0.138 e. The molecule has 0 aliphatic rings. The predicted octanol–water partition coefficient (Wildman–Crippen LogP) is 4.66. The van der Waals surface area contributed by atoms with E-state index in [9.17, 15) is 0 Å². The fraction of sp³-hybridized carbons (Fsp3) is 0.333. The Morgan fingerprint density at radius 2 is 2.05 bits per heavy atom. The summed E-state index contributed by atoms with van der Waals surface area (Å²) in [6.07, 6.45) is 1.67. The molecule has 0 amide bonds. The summed E-state index contributed by atoms with van der Waals surface area (Å²) in [6.45, 7) is 5.27. The first-order valence-corrected chi connectivity index (χ1v) is 7.18. The number of rotatable bonds is 6. The minimum Gasteiger partial charge on any atom is -0.487 e. The molecule has 1 N–H and O–H groups in total. The van der Waals surface area contributed by atoms with E-state index < -0.39 is 0 Å². The third-order valence-electron chi connectivity index (χ3n) is 2.79.